The number of amides is 1. The normalized spacial score (nSPS) is 12.2. The average Bonchev–Trinajstić information content (AvgIpc) is 3.37. The van der Waals surface area contributed by atoms with Crippen molar-refractivity contribution in [3.63, 3.8) is 0 Å². The lowest BCUT2D eigenvalue weighted by molar-refractivity contribution is 0.0285. The average molecular weight is 498 g/mol. The van der Waals surface area contributed by atoms with Crippen LogP contribution in [0.15, 0.2) is 71.9 Å². The van der Waals surface area contributed by atoms with E-state index in [1.54, 1.807) is 64.3 Å². The van der Waals surface area contributed by atoms with Gasteiger partial charge in [-0.3, -0.25) is 0 Å². The van der Waals surface area contributed by atoms with Crippen LogP contribution < -0.4 is 0 Å². The first-order chi connectivity index (χ1) is 16.4. The van der Waals surface area contributed by atoms with Gasteiger partial charge in [-0.25, -0.2) is 21.6 Å². The Hall–Kier alpha value is -3.59. The number of aromatic nitrogens is 2. The molecule has 9 heteroatoms. The van der Waals surface area contributed by atoms with Crippen molar-refractivity contribution in [2.45, 2.75) is 37.8 Å². The maximum absolute atomic E-state index is 14.8. The summed E-state index contributed by atoms with van der Waals surface area (Å²) in [5.41, 5.74) is 0.912. The number of carbonyl (C=O) groups is 1. The van der Waals surface area contributed by atoms with Crippen molar-refractivity contribution in [1.82, 2.24) is 13.4 Å². The van der Waals surface area contributed by atoms with Gasteiger partial charge in [-0.1, -0.05) is 18.2 Å². The highest BCUT2D eigenvalue weighted by Crippen LogP contribution is 2.32. The summed E-state index contributed by atoms with van der Waals surface area (Å²) in [6.07, 6.45) is 2.67. The number of benzene rings is 2. The first kappa shape index (κ1) is 24.5. The van der Waals surface area contributed by atoms with Crippen molar-refractivity contribution in [1.29, 1.82) is 0 Å². The number of hydrogen-bond acceptors (Lipinski definition) is 4. The highest BCUT2D eigenvalue weighted by Gasteiger charge is 2.27. The Balaban J connectivity index is 1.83. The number of hydrogen-bond donors (Lipinski definition) is 0. The van der Waals surface area contributed by atoms with Gasteiger partial charge in [-0.15, -0.1) is 0 Å². The molecular weight excluding hydrogens is 469 g/mol. The fraction of sp³-hybridized carbons (Fsp3) is 0.269. The molecule has 0 unspecified atom stereocenters. The van der Waals surface area contributed by atoms with Gasteiger partial charge in [0.1, 0.15) is 11.4 Å². The molecule has 2 aromatic carbocycles. The smallest absolute Gasteiger partial charge is 0.410 e. The highest BCUT2D eigenvalue weighted by atomic mass is 32.2. The van der Waals surface area contributed by atoms with E-state index in [-0.39, 0.29) is 22.7 Å². The standard InChI is InChI=1S/C26H28FN3O4S/c1-26(2,3)34-25(31)29(5)16-18-15-23(19-9-6-7-10-21(19)27)30(17-18)35(32,33)24-12-8-11-22-20(24)13-14-28(22)4/h6-15,17H,16H2,1-5H3. The Morgan fingerprint density at radius 1 is 1.09 bits per heavy atom. The molecule has 0 aliphatic heterocycles. The minimum Gasteiger partial charge on any atom is -0.444 e. The zero-order valence-electron chi connectivity index (χ0n) is 20.3. The monoisotopic (exact) mass is 497 g/mol. The lowest BCUT2D eigenvalue weighted by Gasteiger charge is -2.24. The summed E-state index contributed by atoms with van der Waals surface area (Å²) in [6.45, 7) is 5.38. The molecule has 0 bridgehead atoms. The molecule has 0 spiro atoms. The van der Waals surface area contributed by atoms with E-state index in [1.165, 1.54) is 29.3 Å². The number of carbonyl (C=O) groups excluding carboxylic acids is 1. The van der Waals surface area contributed by atoms with Crippen LogP contribution in [0, 0.1) is 5.82 Å². The molecule has 7 nitrogen and oxygen atoms in total. The molecule has 184 valence electrons. The fourth-order valence-electron chi connectivity index (χ4n) is 3.93. The quantitative estimate of drug-likeness (QED) is 0.371. The van der Waals surface area contributed by atoms with Gasteiger partial charge in [-0.2, -0.15) is 0 Å². The molecule has 4 aromatic rings. The predicted octanol–water partition coefficient (Wildman–Crippen LogP) is 5.39. The fourth-order valence-corrected chi connectivity index (χ4v) is 5.53. The summed E-state index contributed by atoms with van der Waals surface area (Å²) in [5, 5.41) is 0.565. The Bertz CT molecular complexity index is 1510. The van der Waals surface area contributed by atoms with E-state index in [1.807, 2.05) is 17.7 Å². The minimum absolute atomic E-state index is 0.0778. The second-order valence-corrected chi connectivity index (χ2v) is 11.2. The lowest BCUT2D eigenvalue weighted by Crippen LogP contribution is -2.33. The Morgan fingerprint density at radius 3 is 2.49 bits per heavy atom. The van der Waals surface area contributed by atoms with Crippen LogP contribution in [-0.4, -0.2) is 40.6 Å². The second-order valence-electron chi connectivity index (χ2n) is 9.47. The van der Waals surface area contributed by atoms with Crippen LogP contribution in [0.5, 0.6) is 0 Å². The Morgan fingerprint density at radius 2 is 1.80 bits per heavy atom. The summed E-state index contributed by atoms with van der Waals surface area (Å²) < 4.78 is 50.9. The summed E-state index contributed by atoms with van der Waals surface area (Å²) in [4.78, 5) is 13.9. The summed E-state index contributed by atoms with van der Waals surface area (Å²) >= 11 is 0. The van der Waals surface area contributed by atoms with Crippen molar-refractivity contribution in [3.8, 4) is 11.3 Å². The molecule has 0 radical (unpaired) electrons. The molecule has 0 saturated carbocycles. The second kappa shape index (κ2) is 8.88. The van der Waals surface area contributed by atoms with Crippen molar-refractivity contribution >= 4 is 27.0 Å². The number of nitrogens with zero attached hydrogens (tertiary/aromatic N) is 3. The van der Waals surface area contributed by atoms with E-state index in [4.69, 9.17) is 4.74 Å². The first-order valence-electron chi connectivity index (χ1n) is 11.1. The molecule has 2 aromatic heterocycles. The molecule has 0 saturated heterocycles. The first-order valence-corrected chi connectivity index (χ1v) is 12.5. The van der Waals surface area contributed by atoms with Crippen LogP contribution in [0.25, 0.3) is 22.2 Å². The van der Waals surface area contributed by atoms with E-state index in [0.717, 1.165) is 9.49 Å². The third kappa shape index (κ3) is 4.81. The Labute approximate surface area is 204 Å². The molecular formula is C26H28FN3O4S. The SMILES string of the molecule is CN(Cc1cc(-c2ccccc2F)n(S(=O)(=O)c2cccc3c2ccn3C)c1)C(=O)OC(C)(C)C. The number of rotatable bonds is 5. The van der Waals surface area contributed by atoms with Gasteiger partial charge < -0.3 is 14.2 Å². The van der Waals surface area contributed by atoms with Gasteiger partial charge in [0, 0.05) is 43.0 Å². The van der Waals surface area contributed by atoms with E-state index in [9.17, 15) is 17.6 Å². The Kier molecular flexibility index (Phi) is 6.23. The van der Waals surface area contributed by atoms with Crippen LogP contribution >= 0.6 is 0 Å². The van der Waals surface area contributed by atoms with Crippen LogP contribution in [0.2, 0.25) is 0 Å². The van der Waals surface area contributed by atoms with Crippen molar-refractivity contribution in [2.24, 2.45) is 7.05 Å². The molecule has 0 fully saturated rings. The molecule has 0 N–H and O–H groups in total. The van der Waals surface area contributed by atoms with Gasteiger partial charge in [-0.05, 0) is 62.7 Å². The largest absolute Gasteiger partial charge is 0.444 e. The number of fused-ring (bicyclic) bond motifs is 1. The molecule has 2 heterocycles. The highest BCUT2D eigenvalue weighted by molar-refractivity contribution is 7.90. The van der Waals surface area contributed by atoms with Gasteiger partial charge >= 0.3 is 6.09 Å². The third-order valence-electron chi connectivity index (χ3n) is 5.54. The molecule has 0 aliphatic rings. The summed E-state index contributed by atoms with van der Waals surface area (Å²) in [7, 11) is -0.710. The zero-order chi connectivity index (χ0) is 25.5. The van der Waals surface area contributed by atoms with E-state index in [2.05, 4.69) is 0 Å². The van der Waals surface area contributed by atoms with Gasteiger partial charge in [0.2, 0.25) is 0 Å². The minimum atomic E-state index is -4.11. The topological polar surface area (TPSA) is 73.5 Å². The molecule has 0 aliphatic carbocycles. The van der Waals surface area contributed by atoms with Crippen LogP contribution in [0.4, 0.5) is 9.18 Å². The molecule has 1 amide bonds. The van der Waals surface area contributed by atoms with E-state index < -0.39 is 27.5 Å². The van der Waals surface area contributed by atoms with Gasteiger partial charge in [0.25, 0.3) is 10.0 Å². The zero-order valence-corrected chi connectivity index (χ0v) is 21.1. The summed E-state index contributed by atoms with van der Waals surface area (Å²) in [6, 6.07) is 14.4. The van der Waals surface area contributed by atoms with Gasteiger partial charge in [0.15, 0.2) is 0 Å². The van der Waals surface area contributed by atoms with E-state index in [0.29, 0.717) is 10.9 Å². The van der Waals surface area contributed by atoms with Crippen LogP contribution in [0.1, 0.15) is 26.3 Å². The number of ether oxygens (including phenoxy) is 1. The number of halogens is 1. The van der Waals surface area contributed by atoms with Crippen molar-refractivity contribution in [2.75, 3.05) is 7.05 Å². The molecule has 0 atom stereocenters. The molecule has 4 rings (SSSR count). The maximum atomic E-state index is 14.8. The lowest BCUT2D eigenvalue weighted by atomic mass is 10.1. The molecule has 35 heavy (non-hydrogen) atoms. The van der Waals surface area contributed by atoms with Crippen molar-refractivity contribution < 1.29 is 22.3 Å². The van der Waals surface area contributed by atoms with Crippen LogP contribution in [-0.2, 0) is 28.4 Å². The predicted molar refractivity (Wildman–Crippen MR) is 133 cm³/mol. The van der Waals surface area contributed by atoms with E-state index >= 15 is 0 Å². The maximum Gasteiger partial charge on any atom is 0.410 e. The van der Waals surface area contributed by atoms with Crippen LogP contribution in [0.3, 0.4) is 0 Å². The number of aryl methyl sites for hydroxylation is 1. The van der Waals surface area contributed by atoms with Crippen molar-refractivity contribution in [3.05, 3.63) is 78.4 Å². The third-order valence-corrected chi connectivity index (χ3v) is 7.27. The van der Waals surface area contributed by atoms with Gasteiger partial charge in [0.05, 0.1) is 17.1 Å². The summed E-state index contributed by atoms with van der Waals surface area (Å²) in [5.74, 6) is -0.549.